The van der Waals surface area contributed by atoms with Crippen molar-refractivity contribution in [2.75, 3.05) is 25.0 Å². The number of carbonyl (C=O) groups excluding carboxylic acids is 1. The van der Waals surface area contributed by atoms with E-state index in [4.69, 9.17) is 0 Å². The van der Waals surface area contributed by atoms with Gasteiger partial charge in [0.15, 0.2) is 5.82 Å². The van der Waals surface area contributed by atoms with Gasteiger partial charge in [-0.15, -0.1) is 5.10 Å². The molecule has 0 spiro atoms. The highest BCUT2D eigenvalue weighted by Crippen LogP contribution is 2.26. The molecule has 28 heavy (non-hydrogen) atoms. The van der Waals surface area contributed by atoms with Crippen molar-refractivity contribution < 1.29 is 4.79 Å². The summed E-state index contributed by atoms with van der Waals surface area (Å²) in [7, 11) is 1.88. The van der Waals surface area contributed by atoms with Crippen molar-refractivity contribution in [3.8, 4) is 0 Å². The number of aromatic amines is 1. The number of likely N-dealkylation sites (N-methyl/N-ethyl adjacent to an activating group) is 1. The first kappa shape index (κ1) is 17.2. The summed E-state index contributed by atoms with van der Waals surface area (Å²) in [6.45, 7) is 3.50. The summed E-state index contributed by atoms with van der Waals surface area (Å²) in [5.74, 6) is 1.83. The van der Waals surface area contributed by atoms with E-state index in [9.17, 15) is 4.79 Å². The van der Waals surface area contributed by atoms with Crippen LogP contribution in [-0.2, 0) is 12.8 Å². The van der Waals surface area contributed by atoms with E-state index >= 15 is 0 Å². The molecule has 0 radical (unpaired) electrons. The monoisotopic (exact) mass is 376 g/mol. The zero-order valence-electron chi connectivity index (χ0n) is 16.3. The molecule has 0 bridgehead atoms. The fourth-order valence-electron chi connectivity index (χ4n) is 4.16. The van der Waals surface area contributed by atoms with Crippen molar-refractivity contribution >= 4 is 22.8 Å². The third kappa shape index (κ3) is 2.91. The Morgan fingerprint density at radius 3 is 2.86 bits per heavy atom. The predicted octanol–water partition coefficient (Wildman–Crippen LogP) is 2.50. The molecule has 3 aromatic rings. The molecule has 1 fully saturated rings. The van der Waals surface area contributed by atoms with Gasteiger partial charge in [-0.3, -0.25) is 4.79 Å². The van der Waals surface area contributed by atoms with Crippen LogP contribution in [0.3, 0.4) is 0 Å². The Hall–Kier alpha value is -2.96. The first-order valence-electron chi connectivity index (χ1n) is 9.92. The summed E-state index contributed by atoms with van der Waals surface area (Å²) in [6, 6.07) is 8.01. The van der Waals surface area contributed by atoms with Crippen molar-refractivity contribution in [2.45, 2.75) is 38.6 Å². The molecule has 1 aliphatic carbocycles. The van der Waals surface area contributed by atoms with Gasteiger partial charge in [0, 0.05) is 25.7 Å². The third-order valence-corrected chi connectivity index (χ3v) is 5.96. The molecule has 7 nitrogen and oxygen atoms in total. The smallest absolute Gasteiger partial charge is 0.254 e. The molecule has 2 aliphatic rings. The number of aryl methyl sites for hydroxylation is 3. The Labute approximate surface area is 163 Å². The zero-order valence-corrected chi connectivity index (χ0v) is 16.3. The maximum Gasteiger partial charge on any atom is 0.254 e. The Morgan fingerprint density at radius 2 is 2.00 bits per heavy atom. The van der Waals surface area contributed by atoms with E-state index < -0.39 is 0 Å². The lowest BCUT2D eigenvalue weighted by molar-refractivity contribution is 0.0705. The van der Waals surface area contributed by atoms with Crippen LogP contribution < -0.4 is 4.90 Å². The van der Waals surface area contributed by atoms with Gasteiger partial charge < -0.3 is 14.8 Å². The third-order valence-electron chi connectivity index (χ3n) is 5.96. The lowest BCUT2D eigenvalue weighted by Gasteiger charge is -2.44. The fourth-order valence-corrected chi connectivity index (χ4v) is 4.16. The average Bonchev–Trinajstić information content (AvgIpc) is 3.05. The van der Waals surface area contributed by atoms with Crippen LogP contribution in [0.25, 0.3) is 11.0 Å². The number of hydrogen-bond donors (Lipinski definition) is 1. The second-order valence-electron chi connectivity index (χ2n) is 7.91. The lowest BCUT2D eigenvalue weighted by Crippen LogP contribution is -2.60. The first-order valence-corrected chi connectivity index (χ1v) is 9.92. The topological polar surface area (TPSA) is 78.0 Å². The van der Waals surface area contributed by atoms with Gasteiger partial charge in [0.25, 0.3) is 5.91 Å². The molecule has 1 amide bonds. The SMILES string of the molecule is Cc1nc2ccc(C(=O)N(C)C3CN(c4cc5c(nn4)CCCC5)C3)cc2[nH]1. The van der Waals surface area contributed by atoms with Crippen molar-refractivity contribution in [3.63, 3.8) is 0 Å². The number of fused-ring (bicyclic) bond motifs is 2. The fraction of sp³-hybridized carbons (Fsp3) is 0.429. The van der Waals surface area contributed by atoms with Gasteiger partial charge >= 0.3 is 0 Å². The van der Waals surface area contributed by atoms with Gasteiger partial charge in [-0.1, -0.05) is 0 Å². The number of nitrogens with one attached hydrogen (secondary N) is 1. The van der Waals surface area contributed by atoms with E-state index in [0.717, 1.165) is 54.3 Å². The number of hydrogen-bond acceptors (Lipinski definition) is 5. The molecule has 3 heterocycles. The van der Waals surface area contributed by atoms with Gasteiger partial charge in [-0.25, -0.2) is 4.98 Å². The highest BCUT2D eigenvalue weighted by atomic mass is 16.2. The maximum atomic E-state index is 12.9. The number of nitrogens with zero attached hydrogens (tertiary/aromatic N) is 5. The van der Waals surface area contributed by atoms with E-state index in [1.165, 1.54) is 18.4 Å². The summed E-state index contributed by atoms with van der Waals surface area (Å²) < 4.78 is 0. The number of carbonyl (C=O) groups is 1. The molecule has 5 rings (SSSR count). The first-order chi connectivity index (χ1) is 13.6. The van der Waals surface area contributed by atoms with Gasteiger partial charge in [0.2, 0.25) is 0 Å². The van der Waals surface area contributed by atoms with Gasteiger partial charge in [-0.2, -0.15) is 5.10 Å². The number of aromatic nitrogens is 4. The number of H-pyrrole nitrogens is 1. The van der Waals surface area contributed by atoms with Crippen LogP contribution >= 0.6 is 0 Å². The van der Waals surface area contributed by atoms with E-state index in [1.54, 1.807) is 0 Å². The largest absolute Gasteiger partial charge is 0.351 e. The number of imidazole rings is 1. The molecule has 1 aromatic carbocycles. The summed E-state index contributed by atoms with van der Waals surface area (Å²) >= 11 is 0. The maximum absolute atomic E-state index is 12.9. The molecule has 0 unspecified atom stereocenters. The zero-order chi connectivity index (χ0) is 19.3. The number of anilines is 1. The van der Waals surface area contributed by atoms with Crippen LogP contribution in [-0.4, -0.2) is 57.2 Å². The molecular weight excluding hydrogens is 352 g/mol. The van der Waals surface area contributed by atoms with Crippen LogP contribution in [0.4, 0.5) is 5.82 Å². The Kier molecular flexibility index (Phi) is 4.03. The van der Waals surface area contributed by atoms with Crippen LogP contribution in [0.1, 0.15) is 40.3 Å². The molecule has 7 heteroatoms. The predicted molar refractivity (Wildman–Crippen MR) is 108 cm³/mol. The van der Waals surface area contributed by atoms with Crippen LogP contribution in [0.2, 0.25) is 0 Å². The molecule has 144 valence electrons. The van der Waals surface area contributed by atoms with Crippen LogP contribution in [0, 0.1) is 6.92 Å². The van der Waals surface area contributed by atoms with Gasteiger partial charge in [0.05, 0.1) is 22.8 Å². The van der Waals surface area contributed by atoms with Gasteiger partial charge in [-0.05, 0) is 62.4 Å². The lowest BCUT2D eigenvalue weighted by atomic mass is 9.96. The molecule has 0 saturated carbocycles. The van der Waals surface area contributed by atoms with E-state index in [1.807, 2.05) is 37.1 Å². The molecule has 1 saturated heterocycles. The average molecular weight is 376 g/mol. The van der Waals surface area contributed by atoms with E-state index in [-0.39, 0.29) is 11.9 Å². The minimum atomic E-state index is 0.0373. The van der Waals surface area contributed by atoms with E-state index in [0.29, 0.717) is 5.56 Å². The van der Waals surface area contributed by atoms with Crippen molar-refractivity contribution in [1.29, 1.82) is 0 Å². The minimum absolute atomic E-state index is 0.0373. The normalized spacial score (nSPS) is 16.7. The quantitative estimate of drug-likeness (QED) is 0.760. The van der Waals surface area contributed by atoms with E-state index in [2.05, 4.69) is 31.1 Å². The van der Waals surface area contributed by atoms with Gasteiger partial charge in [0.1, 0.15) is 5.82 Å². The Morgan fingerprint density at radius 1 is 1.18 bits per heavy atom. The van der Waals surface area contributed by atoms with Crippen LogP contribution in [0.5, 0.6) is 0 Å². The highest BCUT2D eigenvalue weighted by molar-refractivity contribution is 5.97. The molecule has 0 atom stereocenters. The molecular formula is C21H24N6O. The summed E-state index contributed by atoms with van der Waals surface area (Å²) in [5, 5.41) is 8.83. The number of benzene rings is 1. The van der Waals surface area contributed by atoms with Crippen molar-refractivity contribution in [2.24, 2.45) is 0 Å². The Balaban J connectivity index is 1.26. The number of rotatable bonds is 3. The van der Waals surface area contributed by atoms with Crippen LogP contribution in [0.15, 0.2) is 24.3 Å². The summed E-state index contributed by atoms with van der Waals surface area (Å²) in [6.07, 6.45) is 4.59. The summed E-state index contributed by atoms with van der Waals surface area (Å²) in [4.78, 5) is 24.5. The second-order valence-corrected chi connectivity index (χ2v) is 7.91. The minimum Gasteiger partial charge on any atom is -0.351 e. The molecule has 1 N–H and O–H groups in total. The van der Waals surface area contributed by atoms with Crippen molar-refractivity contribution in [3.05, 3.63) is 46.9 Å². The highest BCUT2D eigenvalue weighted by Gasteiger charge is 2.34. The second kappa shape index (κ2) is 6.58. The standard InChI is InChI=1S/C21H24N6O/c1-13-22-18-8-7-15(9-19(18)23-13)21(28)26(2)16-11-27(12-16)20-10-14-5-3-4-6-17(14)24-25-20/h7-10,16H,3-6,11-12H2,1-2H3,(H,22,23). The molecule has 2 aromatic heterocycles. The Bertz CT molecular complexity index is 1050. The molecule has 1 aliphatic heterocycles. The van der Waals surface area contributed by atoms with Crippen molar-refractivity contribution in [1.82, 2.24) is 25.1 Å². The summed E-state index contributed by atoms with van der Waals surface area (Å²) in [5.41, 5.74) is 4.97. The number of amides is 1.